The summed E-state index contributed by atoms with van der Waals surface area (Å²) in [5.74, 6) is 0.729. The summed E-state index contributed by atoms with van der Waals surface area (Å²) < 4.78 is 29.5. The van der Waals surface area contributed by atoms with Crippen molar-refractivity contribution in [2.75, 3.05) is 33.2 Å². The van der Waals surface area contributed by atoms with Crippen LogP contribution in [0.3, 0.4) is 0 Å². The quantitative estimate of drug-likeness (QED) is 0.386. The highest BCUT2D eigenvalue weighted by atomic mass is 35.5. The van der Waals surface area contributed by atoms with Crippen molar-refractivity contribution >= 4 is 17.6 Å². The number of nitrogens with zero attached hydrogens (tertiary/aromatic N) is 2. The van der Waals surface area contributed by atoms with Crippen molar-refractivity contribution in [2.24, 2.45) is 4.99 Å². The first-order valence-electron chi connectivity index (χ1n) is 8.98. The van der Waals surface area contributed by atoms with Gasteiger partial charge in [0, 0.05) is 30.7 Å². The molecule has 0 spiro atoms. The van der Waals surface area contributed by atoms with Crippen molar-refractivity contribution < 1.29 is 13.5 Å². The van der Waals surface area contributed by atoms with E-state index in [-0.39, 0.29) is 12.3 Å². The Balaban J connectivity index is 1.73. The molecule has 1 heterocycles. The van der Waals surface area contributed by atoms with E-state index in [9.17, 15) is 8.78 Å². The predicted molar refractivity (Wildman–Crippen MR) is 101 cm³/mol. The van der Waals surface area contributed by atoms with E-state index < -0.39 is 6.61 Å². The lowest BCUT2D eigenvalue weighted by Gasteiger charge is -2.16. The highest BCUT2D eigenvalue weighted by Gasteiger charge is 2.12. The summed E-state index contributed by atoms with van der Waals surface area (Å²) in [6.45, 7) is 1.81. The van der Waals surface area contributed by atoms with Crippen LogP contribution in [0.1, 0.15) is 31.2 Å². The predicted octanol–water partition coefficient (Wildman–Crippen LogP) is 3.48. The van der Waals surface area contributed by atoms with Gasteiger partial charge in [-0.2, -0.15) is 8.78 Å². The lowest BCUT2D eigenvalue weighted by molar-refractivity contribution is -0.0504. The van der Waals surface area contributed by atoms with Crippen LogP contribution in [0.4, 0.5) is 8.78 Å². The zero-order chi connectivity index (χ0) is 18.8. The van der Waals surface area contributed by atoms with Gasteiger partial charge in [0.2, 0.25) is 0 Å². The van der Waals surface area contributed by atoms with Crippen molar-refractivity contribution in [3.8, 4) is 5.75 Å². The monoisotopic (exact) mass is 388 g/mol. The maximum Gasteiger partial charge on any atom is 0.387 e. The number of alkyl halides is 2. The van der Waals surface area contributed by atoms with Crippen LogP contribution in [0.5, 0.6) is 5.75 Å². The van der Waals surface area contributed by atoms with Gasteiger partial charge in [-0.1, -0.05) is 11.6 Å². The van der Waals surface area contributed by atoms with Crippen LogP contribution in [0.25, 0.3) is 0 Å². The molecule has 1 aliphatic rings. The zero-order valence-corrected chi connectivity index (χ0v) is 15.9. The molecule has 2 rings (SSSR count). The molecular formula is C18H27ClF2N4O. The molecule has 8 heteroatoms. The summed E-state index contributed by atoms with van der Waals surface area (Å²) >= 11 is 5.95. The highest BCUT2D eigenvalue weighted by molar-refractivity contribution is 6.30. The average Bonchev–Trinajstić information content (AvgIpc) is 3.12. The molecule has 0 radical (unpaired) electrons. The molecule has 5 nitrogen and oxygen atoms in total. The SMILES string of the molecule is CN=C(NCCCCN1CCCC1)NCc1cc(Cl)ccc1OC(F)F. The molecule has 26 heavy (non-hydrogen) atoms. The number of rotatable bonds is 9. The van der Waals surface area contributed by atoms with Crippen molar-refractivity contribution in [2.45, 2.75) is 38.8 Å². The van der Waals surface area contributed by atoms with Gasteiger partial charge >= 0.3 is 6.61 Å². The van der Waals surface area contributed by atoms with Crippen molar-refractivity contribution in [3.05, 3.63) is 28.8 Å². The van der Waals surface area contributed by atoms with E-state index >= 15 is 0 Å². The number of hydrogen-bond donors (Lipinski definition) is 2. The van der Waals surface area contributed by atoms with E-state index in [1.807, 2.05) is 0 Å². The Labute approximate surface area is 158 Å². The molecule has 0 unspecified atom stereocenters. The van der Waals surface area contributed by atoms with E-state index in [0.717, 1.165) is 25.9 Å². The van der Waals surface area contributed by atoms with Crippen LogP contribution in [-0.2, 0) is 6.54 Å². The molecule has 1 aliphatic heterocycles. The van der Waals surface area contributed by atoms with Gasteiger partial charge < -0.3 is 20.3 Å². The molecule has 0 atom stereocenters. The molecular weight excluding hydrogens is 362 g/mol. The summed E-state index contributed by atoms with van der Waals surface area (Å²) in [6.07, 6.45) is 4.82. The van der Waals surface area contributed by atoms with Gasteiger partial charge in [-0.3, -0.25) is 4.99 Å². The fourth-order valence-corrected chi connectivity index (χ4v) is 3.16. The van der Waals surface area contributed by atoms with Gasteiger partial charge in [0.15, 0.2) is 5.96 Å². The van der Waals surface area contributed by atoms with Crippen LogP contribution in [0.15, 0.2) is 23.2 Å². The molecule has 0 aromatic heterocycles. The maximum absolute atomic E-state index is 12.5. The molecule has 0 amide bonds. The number of unbranched alkanes of at least 4 members (excludes halogenated alkanes) is 1. The Kier molecular flexibility index (Phi) is 8.91. The van der Waals surface area contributed by atoms with Crippen LogP contribution < -0.4 is 15.4 Å². The number of aliphatic imine (C=N–C) groups is 1. The molecule has 1 fully saturated rings. The normalized spacial score (nSPS) is 15.5. The van der Waals surface area contributed by atoms with Gasteiger partial charge in [-0.25, -0.2) is 0 Å². The fourth-order valence-electron chi connectivity index (χ4n) is 2.97. The molecule has 1 aromatic carbocycles. The lowest BCUT2D eigenvalue weighted by Crippen LogP contribution is -2.37. The smallest absolute Gasteiger partial charge is 0.387 e. The Morgan fingerprint density at radius 3 is 2.73 bits per heavy atom. The van der Waals surface area contributed by atoms with Crippen LogP contribution in [0.2, 0.25) is 5.02 Å². The first-order chi connectivity index (χ1) is 12.6. The lowest BCUT2D eigenvalue weighted by atomic mass is 10.2. The van der Waals surface area contributed by atoms with Crippen LogP contribution in [0, 0.1) is 0 Å². The summed E-state index contributed by atoms with van der Waals surface area (Å²) in [7, 11) is 1.67. The Bertz CT molecular complexity index is 580. The average molecular weight is 389 g/mol. The van der Waals surface area contributed by atoms with E-state index in [1.54, 1.807) is 13.1 Å². The Morgan fingerprint density at radius 1 is 1.27 bits per heavy atom. The van der Waals surface area contributed by atoms with E-state index in [2.05, 4.69) is 25.3 Å². The fraction of sp³-hybridized carbons (Fsp3) is 0.611. The molecule has 146 valence electrons. The number of nitrogens with one attached hydrogen (secondary N) is 2. The number of benzene rings is 1. The molecule has 0 aliphatic carbocycles. The molecule has 0 saturated carbocycles. The van der Waals surface area contributed by atoms with Crippen molar-refractivity contribution in [1.82, 2.24) is 15.5 Å². The zero-order valence-electron chi connectivity index (χ0n) is 15.1. The molecule has 2 N–H and O–H groups in total. The third-order valence-electron chi connectivity index (χ3n) is 4.30. The first kappa shape index (κ1) is 20.7. The van der Waals surface area contributed by atoms with Gasteiger partial charge in [-0.15, -0.1) is 0 Å². The van der Waals surface area contributed by atoms with Gasteiger partial charge in [0.25, 0.3) is 0 Å². The van der Waals surface area contributed by atoms with E-state index in [0.29, 0.717) is 16.5 Å². The second kappa shape index (κ2) is 11.2. The molecule has 0 bridgehead atoms. The van der Waals surface area contributed by atoms with Crippen molar-refractivity contribution in [1.29, 1.82) is 0 Å². The third kappa shape index (κ3) is 7.33. The minimum absolute atomic E-state index is 0.109. The van der Waals surface area contributed by atoms with Crippen LogP contribution in [-0.4, -0.2) is 50.7 Å². The van der Waals surface area contributed by atoms with E-state index in [4.69, 9.17) is 11.6 Å². The minimum Gasteiger partial charge on any atom is -0.434 e. The number of likely N-dealkylation sites (tertiary alicyclic amines) is 1. The highest BCUT2D eigenvalue weighted by Crippen LogP contribution is 2.24. The summed E-state index contributed by atoms with van der Waals surface area (Å²) in [6, 6.07) is 4.58. The van der Waals surface area contributed by atoms with Gasteiger partial charge in [0.05, 0.1) is 0 Å². The standard InChI is InChI=1S/C18H27ClF2N4O/c1-22-18(23-8-2-3-9-25-10-4-5-11-25)24-13-14-12-15(19)6-7-16(14)26-17(20)21/h6-7,12,17H,2-5,8-11,13H2,1H3,(H2,22,23,24). The van der Waals surface area contributed by atoms with E-state index in [1.165, 1.54) is 38.1 Å². The summed E-state index contributed by atoms with van der Waals surface area (Å²) in [5, 5.41) is 6.81. The first-order valence-corrected chi connectivity index (χ1v) is 9.36. The third-order valence-corrected chi connectivity index (χ3v) is 4.54. The molecule has 1 saturated heterocycles. The van der Waals surface area contributed by atoms with Crippen molar-refractivity contribution in [3.63, 3.8) is 0 Å². The van der Waals surface area contributed by atoms with Gasteiger partial charge in [0.1, 0.15) is 5.75 Å². The summed E-state index contributed by atoms with van der Waals surface area (Å²) in [4.78, 5) is 6.65. The largest absolute Gasteiger partial charge is 0.434 e. The number of halogens is 3. The number of ether oxygens (including phenoxy) is 1. The minimum atomic E-state index is -2.87. The Morgan fingerprint density at radius 2 is 2.04 bits per heavy atom. The number of hydrogen-bond acceptors (Lipinski definition) is 3. The van der Waals surface area contributed by atoms with Gasteiger partial charge in [-0.05, 0) is 63.5 Å². The topological polar surface area (TPSA) is 48.9 Å². The van der Waals surface area contributed by atoms with Crippen LogP contribution >= 0.6 is 11.6 Å². The number of guanidine groups is 1. The molecule has 1 aromatic rings. The Hall–Kier alpha value is -1.60. The second-order valence-electron chi connectivity index (χ2n) is 6.24. The second-order valence-corrected chi connectivity index (χ2v) is 6.68. The summed E-state index contributed by atoms with van der Waals surface area (Å²) in [5.41, 5.74) is 0.551. The maximum atomic E-state index is 12.5.